The molecule has 0 saturated heterocycles. The molecule has 3 aromatic carbocycles. The summed E-state index contributed by atoms with van der Waals surface area (Å²) in [5.74, 6) is -0.745. The van der Waals surface area contributed by atoms with Gasteiger partial charge >= 0.3 is 11.8 Å². The van der Waals surface area contributed by atoms with Crippen LogP contribution in [0.5, 0.6) is 0 Å². The molecule has 0 bridgehead atoms. The Bertz CT molecular complexity index is 1900. The normalized spacial score (nSPS) is 11.9. The Balaban J connectivity index is 1.53. The molecule has 0 N–H and O–H groups in total. The lowest BCUT2D eigenvalue weighted by molar-refractivity contribution is -0.136. The second-order valence-electron chi connectivity index (χ2n) is 8.55. The predicted octanol–water partition coefficient (Wildman–Crippen LogP) is 6.82. The number of carbonyl (C=O) groups is 1. The summed E-state index contributed by atoms with van der Waals surface area (Å²) >= 11 is 0.931. The Morgan fingerprint density at radius 1 is 0.974 bits per heavy atom. The third-order valence-corrected chi connectivity index (χ3v) is 7.17. The van der Waals surface area contributed by atoms with Crippen LogP contribution >= 0.6 is 11.3 Å². The largest absolute Gasteiger partial charge is 0.422 e. The lowest BCUT2D eigenvalue weighted by Crippen LogP contribution is -2.33. The molecule has 10 heteroatoms. The Morgan fingerprint density at radius 2 is 1.82 bits per heavy atom. The van der Waals surface area contributed by atoms with Crippen LogP contribution in [0, 0.1) is 0 Å². The van der Waals surface area contributed by atoms with Crippen molar-refractivity contribution in [1.82, 2.24) is 9.97 Å². The number of fused-ring (bicyclic) bond motifs is 4. The minimum atomic E-state index is -4.62. The number of nitrogens with zero attached hydrogens (tertiary/aromatic N) is 3. The number of benzene rings is 3. The molecule has 0 spiro atoms. The van der Waals surface area contributed by atoms with E-state index in [0.29, 0.717) is 16.5 Å². The molecule has 6 rings (SSSR count). The maximum atomic E-state index is 13.9. The van der Waals surface area contributed by atoms with Gasteiger partial charge in [0, 0.05) is 17.8 Å². The van der Waals surface area contributed by atoms with Crippen LogP contribution in [-0.2, 0) is 12.7 Å². The maximum absolute atomic E-state index is 13.9. The lowest BCUT2D eigenvalue weighted by atomic mass is 10.0. The highest BCUT2D eigenvalue weighted by atomic mass is 32.1. The number of carbonyl (C=O) groups excluding carboxylic acids is 1. The van der Waals surface area contributed by atoms with Crippen molar-refractivity contribution < 1.29 is 22.4 Å². The smallest absolute Gasteiger partial charge is 0.418 e. The lowest BCUT2D eigenvalue weighted by Gasteiger charge is -2.19. The molecule has 38 heavy (non-hydrogen) atoms. The highest BCUT2D eigenvalue weighted by Gasteiger charge is 2.34. The first-order valence-corrected chi connectivity index (χ1v) is 12.2. The molecule has 0 aliphatic heterocycles. The molecule has 0 saturated carbocycles. The Morgan fingerprint density at radius 3 is 2.61 bits per heavy atom. The zero-order valence-electron chi connectivity index (χ0n) is 19.4. The van der Waals surface area contributed by atoms with E-state index in [1.807, 2.05) is 30.3 Å². The van der Waals surface area contributed by atoms with Crippen LogP contribution in [0.25, 0.3) is 32.0 Å². The fraction of sp³-hybridized carbons (Fsp3) is 0.0714. The monoisotopic (exact) mass is 531 g/mol. The molecule has 6 aromatic rings. The van der Waals surface area contributed by atoms with Crippen molar-refractivity contribution in [3.63, 3.8) is 0 Å². The fourth-order valence-corrected chi connectivity index (χ4v) is 5.34. The maximum Gasteiger partial charge on any atom is 0.418 e. The van der Waals surface area contributed by atoms with Gasteiger partial charge in [-0.15, -0.1) is 0 Å². The van der Waals surface area contributed by atoms with Gasteiger partial charge in [-0.2, -0.15) is 13.2 Å². The summed E-state index contributed by atoms with van der Waals surface area (Å²) in [5.41, 5.74) is -1.35. The van der Waals surface area contributed by atoms with Gasteiger partial charge in [0.05, 0.1) is 22.3 Å². The molecule has 0 fully saturated rings. The summed E-state index contributed by atoms with van der Waals surface area (Å²) < 4.78 is 46.7. The van der Waals surface area contributed by atoms with E-state index in [1.54, 1.807) is 24.4 Å². The number of anilines is 1. The number of thiazole rings is 1. The van der Waals surface area contributed by atoms with Gasteiger partial charge in [-0.1, -0.05) is 53.8 Å². The molecule has 0 atom stereocenters. The summed E-state index contributed by atoms with van der Waals surface area (Å²) in [6.45, 7) is -0.0686. The molecule has 6 nitrogen and oxygen atoms in total. The summed E-state index contributed by atoms with van der Waals surface area (Å²) in [4.78, 5) is 36.3. The van der Waals surface area contributed by atoms with Crippen molar-refractivity contribution in [2.24, 2.45) is 0 Å². The molecule has 0 unspecified atom stereocenters. The summed E-state index contributed by atoms with van der Waals surface area (Å²) in [6, 6.07) is 19.5. The van der Waals surface area contributed by atoms with Crippen molar-refractivity contribution in [1.29, 1.82) is 0 Å². The number of hydrogen-bond acceptors (Lipinski definition) is 6. The van der Waals surface area contributed by atoms with E-state index in [-0.39, 0.29) is 27.5 Å². The minimum Gasteiger partial charge on any atom is -0.422 e. The van der Waals surface area contributed by atoms with Crippen LogP contribution < -0.4 is 10.5 Å². The van der Waals surface area contributed by atoms with E-state index in [2.05, 4.69) is 9.97 Å². The average Bonchev–Trinajstić information content (AvgIpc) is 3.35. The van der Waals surface area contributed by atoms with Crippen LogP contribution in [0.3, 0.4) is 0 Å². The second kappa shape index (κ2) is 9.07. The van der Waals surface area contributed by atoms with Gasteiger partial charge in [-0.25, -0.2) is 9.78 Å². The molecule has 3 aromatic heterocycles. The van der Waals surface area contributed by atoms with Crippen LogP contribution in [0.4, 0.5) is 18.3 Å². The Hall–Kier alpha value is -4.57. The Kier molecular flexibility index (Phi) is 5.68. The molecular formula is C28H16F3N3O3S. The van der Waals surface area contributed by atoms with E-state index < -0.39 is 23.3 Å². The molecule has 0 radical (unpaired) electrons. The van der Waals surface area contributed by atoms with Gasteiger partial charge in [-0.05, 0) is 46.7 Å². The van der Waals surface area contributed by atoms with E-state index in [4.69, 9.17) is 4.42 Å². The third-order valence-electron chi connectivity index (χ3n) is 6.12. The number of pyridine rings is 1. The molecule has 0 aliphatic rings. The van der Waals surface area contributed by atoms with Crippen molar-refractivity contribution in [3.8, 4) is 0 Å². The zero-order chi connectivity index (χ0) is 26.4. The SMILES string of the molecule is O=C(c1cc2c(ccc3ccccc32)oc1=O)N(Cc1cccnc1)c1nc2c(C(F)(F)F)cccc2s1. The van der Waals surface area contributed by atoms with Crippen molar-refractivity contribution >= 4 is 54.3 Å². The standard InChI is InChI=1S/C28H16F3N3O3S/c29-28(30,31)21-8-3-9-23-24(21)33-27(38-23)34(15-16-5-4-12-32-14-16)25(35)20-13-19-18-7-2-1-6-17(18)10-11-22(19)37-26(20)36/h1-14H,15H2. The number of rotatable bonds is 4. The molecular weight excluding hydrogens is 515 g/mol. The first kappa shape index (κ1) is 23.8. The van der Waals surface area contributed by atoms with Crippen molar-refractivity contribution in [2.75, 3.05) is 4.90 Å². The van der Waals surface area contributed by atoms with Crippen LogP contribution in [0.15, 0.2) is 94.4 Å². The number of aromatic nitrogens is 2. The number of alkyl halides is 3. The van der Waals surface area contributed by atoms with E-state index in [0.717, 1.165) is 28.2 Å². The van der Waals surface area contributed by atoms with Gasteiger partial charge in [0.1, 0.15) is 11.1 Å². The first-order valence-electron chi connectivity index (χ1n) is 11.4. The quantitative estimate of drug-likeness (QED) is 0.184. The predicted molar refractivity (Wildman–Crippen MR) is 139 cm³/mol. The van der Waals surface area contributed by atoms with Crippen LogP contribution in [0.2, 0.25) is 0 Å². The van der Waals surface area contributed by atoms with E-state index in [1.165, 1.54) is 29.3 Å². The summed E-state index contributed by atoms with van der Waals surface area (Å²) in [6.07, 6.45) is -1.53. The van der Waals surface area contributed by atoms with E-state index in [9.17, 15) is 22.8 Å². The van der Waals surface area contributed by atoms with E-state index >= 15 is 0 Å². The number of para-hydroxylation sites is 1. The van der Waals surface area contributed by atoms with Gasteiger partial charge in [0.25, 0.3) is 5.91 Å². The summed E-state index contributed by atoms with van der Waals surface area (Å²) in [5, 5.41) is 2.26. The number of hydrogen-bond donors (Lipinski definition) is 0. The molecule has 1 amide bonds. The van der Waals surface area contributed by atoms with Crippen molar-refractivity contribution in [2.45, 2.75) is 12.7 Å². The van der Waals surface area contributed by atoms with Crippen LogP contribution in [-0.4, -0.2) is 15.9 Å². The van der Waals surface area contributed by atoms with Gasteiger partial charge < -0.3 is 4.42 Å². The molecule has 0 aliphatic carbocycles. The van der Waals surface area contributed by atoms with Crippen LogP contribution in [0.1, 0.15) is 21.5 Å². The van der Waals surface area contributed by atoms with Gasteiger partial charge in [-0.3, -0.25) is 14.7 Å². The third kappa shape index (κ3) is 4.18. The molecule has 188 valence electrons. The van der Waals surface area contributed by atoms with Gasteiger partial charge in [0.15, 0.2) is 5.13 Å². The highest BCUT2D eigenvalue weighted by molar-refractivity contribution is 7.22. The first-order chi connectivity index (χ1) is 18.3. The number of amides is 1. The second-order valence-corrected chi connectivity index (χ2v) is 9.55. The highest BCUT2D eigenvalue weighted by Crippen LogP contribution is 2.39. The van der Waals surface area contributed by atoms with Gasteiger partial charge in [0.2, 0.25) is 0 Å². The molecule has 3 heterocycles. The topological polar surface area (TPSA) is 76.3 Å². The fourth-order valence-electron chi connectivity index (χ4n) is 4.35. The Labute approximate surface area is 216 Å². The average molecular weight is 532 g/mol. The minimum absolute atomic E-state index is 0.0166. The van der Waals surface area contributed by atoms with Crippen molar-refractivity contribution in [3.05, 3.63) is 112 Å². The zero-order valence-corrected chi connectivity index (χ0v) is 20.2. The summed E-state index contributed by atoms with van der Waals surface area (Å²) in [7, 11) is 0. The number of halogens is 3.